The molecule has 2 N–H and O–H groups in total. The van der Waals surface area contributed by atoms with Crippen molar-refractivity contribution in [2.24, 2.45) is 35.0 Å². The first-order chi connectivity index (χ1) is 18.5. The standard InChI is InChI=1S/C34H50O5/c1-7-8-9-10-11-12-13-14-15-16-17-18-29(36)39-31-24(3)30-27(33(5,6)25(31)4)20-26(22-35)21-34(38)28(30)19-23(2)32(34)37/h13-20,24-25,27-28,30-31,35,38H,7-12,21-22H2,1-6H3/b14-13+,16-15+,18-17-/t24-,25?,27+,28?,30?,31+,34+/m0/s1. The largest absolute Gasteiger partial charge is 0.459 e. The SMILES string of the molecule is CCCCCCC/C=C/C=C/C=C\C(=O)O[C@H]1C(C)C(C)(C)[C@@H]2C=C(CO)C[C@]3(O)C(=O)C(C)=CC3C2[C@@H]1C. The lowest BCUT2D eigenvalue weighted by Gasteiger charge is -2.55. The highest BCUT2D eigenvalue weighted by Crippen LogP contribution is 2.59. The highest BCUT2D eigenvalue weighted by Gasteiger charge is 2.61. The molecule has 3 rings (SSSR count). The molecule has 1 fully saturated rings. The van der Waals surface area contributed by atoms with Gasteiger partial charge in [0.05, 0.1) is 6.61 Å². The first-order valence-corrected chi connectivity index (χ1v) is 15.0. The average molecular weight is 539 g/mol. The molecular weight excluding hydrogens is 488 g/mol. The number of ketones is 1. The fourth-order valence-corrected chi connectivity index (χ4v) is 7.16. The number of Topliss-reactive ketones (excluding diaryl/α,β-unsaturated/α-hetero) is 1. The lowest BCUT2D eigenvalue weighted by atomic mass is 9.51. The molecule has 5 heteroatoms. The molecule has 7 atom stereocenters. The van der Waals surface area contributed by atoms with Crippen LogP contribution in [0.5, 0.6) is 0 Å². The second-order valence-corrected chi connectivity index (χ2v) is 12.6. The molecule has 0 aliphatic heterocycles. The van der Waals surface area contributed by atoms with Gasteiger partial charge >= 0.3 is 5.97 Å². The van der Waals surface area contributed by atoms with Crippen molar-refractivity contribution in [3.63, 3.8) is 0 Å². The van der Waals surface area contributed by atoms with E-state index in [9.17, 15) is 19.8 Å². The lowest BCUT2D eigenvalue weighted by Crippen LogP contribution is -2.57. The van der Waals surface area contributed by atoms with Gasteiger partial charge < -0.3 is 14.9 Å². The number of hydrogen-bond acceptors (Lipinski definition) is 5. The van der Waals surface area contributed by atoms with Crippen LogP contribution in [0.2, 0.25) is 0 Å². The predicted molar refractivity (Wildman–Crippen MR) is 157 cm³/mol. The van der Waals surface area contributed by atoms with E-state index in [0.717, 1.165) is 6.42 Å². The van der Waals surface area contributed by atoms with E-state index in [1.807, 2.05) is 24.3 Å². The number of unbranched alkanes of at least 4 members (excludes halogenated alkanes) is 5. The normalized spacial score (nSPS) is 34.2. The van der Waals surface area contributed by atoms with Crippen LogP contribution in [0.4, 0.5) is 0 Å². The number of ether oxygens (including phenoxy) is 1. The fraction of sp³-hybridized carbons (Fsp3) is 0.647. The number of carbonyl (C=O) groups is 2. The Bertz CT molecular complexity index is 1030. The van der Waals surface area contributed by atoms with E-state index in [4.69, 9.17) is 4.74 Å². The Morgan fingerprint density at radius 1 is 1.05 bits per heavy atom. The summed E-state index contributed by atoms with van der Waals surface area (Å²) in [6.45, 7) is 12.3. The van der Waals surface area contributed by atoms with Crippen LogP contribution in [-0.4, -0.2) is 40.3 Å². The molecule has 5 nitrogen and oxygen atoms in total. The van der Waals surface area contributed by atoms with Gasteiger partial charge in [-0.3, -0.25) is 4.79 Å². The molecule has 3 aliphatic rings. The first kappa shape index (κ1) is 31.3. The smallest absolute Gasteiger partial charge is 0.331 e. The van der Waals surface area contributed by atoms with E-state index in [-0.39, 0.29) is 60.0 Å². The van der Waals surface area contributed by atoms with Crippen LogP contribution in [-0.2, 0) is 14.3 Å². The summed E-state index contributed by atoms with van der Waals surface area (Å²) in [4.78, 5) is 26.0. The van der Waals surface area contributed by atoms with E-state index < -0.39 is 11.5 Å². The number of rotatable bonds is 11. The quantitative estimate of drug-likeness (QED) is 0.101. The van der Waals surface area contributed by atoms with Gasteiger partial charge in [0.15, 0.2) is 5.78 Å². The monoisotopic (exact) mass is 538 g/mol. The summed E-state index contributed by atoms with van der Waals surface area (Å²) in [6.07, 6.45) is 22.3. The van der Waals surface area contributed by atoms with Gasteiger partial charge in [0.2, 0.25) is 0 Å². The maximum Gasteiger partial charge on any atom is 0.331 e. The molecule has 0 bridgehead atoms. The molecule has 0 aromatic heterocycles. The van der Waals surface area contributed by atoms with Crippen molar-refractivity contribution in [1.29, 1.82) is 0 Å². The van der Waals surface area contributed by atoms with E-state index in [1.54, 1.807) is 13.0 Å². The summed E-state index contributed by atoms with van der Waals surface area (Å²) >= 11 is 0. The van der Waals surface area contributed by atoms with Crippen molar-refractivity contribution in [1.82, 2.24) is 0 Å². The topological polar surface area (TPSA) is 83.8 Å². The van der Waals surface area contributed by atoms with Crippen molar-refractivity contribution in [3.8, 4) is 0 Å². The fourth-order valence-electron chi connectivity index (χ4n) is 7.16. The summed E-state index contributed by atoms with van der Waals surface area (Å²) in [5, 5.41) is 21.8. The van der Waals surface area contributed by atoms with Crippen molar-refractivity contribution in [2.45, 2.75) is 98.2 Å². The molecular formula is C34H50O5. The van der Waals surface area contributed by atoms with Gasteiger partial charge in [-0.2, -0.15) is 0 Å². The number of aliphatic hydroxyl groups excluding tert-OH is 1. The number of fused-ring (bicyclic) bond motifs is 3. The van der Waals surface area contributed by atoms with Crippen LogP contribution < -0.4 is 0 Å². The molecule has 0 aromatic rings. The molecule has 1 saturated carbocycles. The number of esters is 1. The molecule has 0 saturated heterocycles. The third-order valence-corrected chi connectivity index (χ3v) is 9.76. The van der Waals surface area contributed by atoms with Crippen LogP contribution in [0.25, 0.3) is 0 Å². The maximum absolute atomic E-state index is 13.1. The lowest BCUT2D eigenvalue weighted by molar-refractivity contribution is -0.173. The minimum Gasteiger partial charge on any atom is -0.459 e. The van der Waals surface area contributed by atoms with Gasteiger partial charge in [0, 0.05) is 18.4 Å². The van der Waals surface area contributed by atoms with Gasteiger partial charge in [-0.15, -0.1) is 0 Å². The number of carbonyl (C=O) groups excluding carboxylic acids is 2. The highest BCUT2D eigenvalue weighted by atomic mass is 16.5. The number of allylic oxidation sites excluding steroid dienone is 6. The van der Waals surface area contributed by atoms with Gasteiger partial charge in [-0.1, -0.05) is 103 Å². The van der Waals surface area contributed by atoms with Crippen LogP contribution in [0.15, 0.2) is 59.8 Å². The minimum atomic E-state index is -1.56. The molecule has 0 radical (unpaired) electrons. The molecule has 216 valence electrons. The Kier molecular flexibility index (Phi) is 10.8. The summed E-state index contributed by atoms with van der Waals surface area (Å²) < 4.78 is 6.09. The number of aliphatic hydroxyl groups is 2. The van der Waals surface area contributed by atoms with Crippen molar-refractivity contribution in [3.05, 3.63) is 59.8 Å². The maximum atomic E-state index is 13.1. The zero-order chi connectivity index (χ0) is 28.8. The van der Waals surface area contributed by atoms with E-state index in [1.165, 1.54) is 38.2 Å². The molecule has 39 heavy (non-hydrogen) atoms. The van der Waals surface area contributed by atoms with Crippen LogP contribution in [0.1, 0.15) is 86.5 Å². The van der Waals surface area contributed by atoms with Gasteiger partial charge in [0.25, 0.3) is 0 Å². The first-order valence-electron chi connectivity index (χ1n) is 15.0. The van der Waals surface area contributed by atoms with Crippen molar-refractivity contribution < 1.29 is 24.5 Å². The zero-order valence-corrected chi connectivity index (χ0v) is 24.9. The predicted octanol–water partition coefficient (Wildman–Crippen LogP) is 6.67. The summed E-state index contributed by atoms with van der Waals surface area (Å²) in [7, 11) is 0. The molecule has 3 aliphatic carbocycles. The minimum absolute atomic E-state index is 0.0190. The molecule has 0 aromatic carbocycles. The second-order valence-electron chi connectivity index (χ2n) is 12.6. The molecule has 0 heterocycles. The molecule has 0 amide bonds. The van der Waals surface area contributed by atoms with Gasteiger partial charge in [0.1, 0.15) is 11.7 Å². The van der Waals surface area contributed by atoms with E-state index in [2.05, 4.69) is 46.8 Å². The Labute approximate surface area is 235 Å². The summed E-state index contributed by atoms with van der Waals surface area (Å²) in [5.74, 6) is -1.19. The molecule has 3 unspecified atom stereocenters. The Hall–Kier alpha value is -2.24. The molecule has 0 spiro atoms. The van der Waals surface area contributed by atoms with E-state index >= 15 is 0 Å². The van der Waals surface area contributed by atoms with Crippen LogP contribution >= 0.6 is 0 Å². The third kappa shape index (κ3) is 6.74. The van der Waals surface area contributed by atoms with Gasteiger partial charge in [-0.05, 0) is 60.0 Å². The number of hydrogen-bond donors (Lipinski definition) is 2. The van der Waals surface area contributed by atoms with E-state index in [0.29, 0.717) is 11.1 Å². The zero-order valence-electron chi connectivity index (χ0n) is 24.9. The Morgan fingerprint density at radius 3 is 2.44 bits per heavy atom. The van der Waals surface area contributed by atoms with Crippen LogP contribution in [0.3, 0.4) is 0 Å². The van der Waals surface area contributed by atoms with Gasteiger partial charge in [-0.25, -0.2) is 4.79 Å². The van der Waals surface area contributed by atoms with Crippen LogP contribution in [0, 0.1) is 35.0 Å². The summed E-state index contributed by atoms with van der Waals surface area (Å²) in [6, 6.07) is 0. The Balaban J connectivity index is 1.71. The Morgan fingerprint density at radius 2 is 1.74 bits per heavy atom. The average Bonchev–Trinajstić information content (AvgIpc) is 3.03. The van der Waals surface area contributed by atoms with Crippen molar-refractivity contribution in [2.75, 3.05) is 6.61 Å². The second kappa shape index (κ2) is 13.4. The summed E-state index contributed by atoms with van der Waals surface area (Å²) in [5.41, 5.74) is -0.579. The third-order valence-electron chi connectivity index (χ3n) is 9.76. The highest BCUT2D eigenvalue weighted by molar-refractivity contribution is 6.04. The van der Waals surface area contributed by atoms with Crippen molar-refractivity contribution >= 4 is 11.8 Å².